The van der Waals surface area contributed by atoms with Gasteiger partial charge in [-0.15, -0.1) is 11.3 Å². The molecule has 0 unspecified atom stereocenters. The van der Waals surface area contributed by atoms with Crippen molar-refractivity contribution in [1.29, 1.82) is 0 Å². The van der Waals surface area contributed by atoms with Gasteiger partial charge >= 0.3 is 0 Å². The molecule has 1 aliphatic heterocycles. The molecule has 1 fully saturated rings. The van der Waals surface area contributed by atoms with Crippen LogP contribution in [0.1, 0.15) is 24.4 Å². The first-order valence-corrected chi connectivity index (χ1v) is 10.6. The van der Waals surface area contributed by atoms with Gasteiger partial charge < -0.3 is 4.74 Å². The van der Waals surface area contributed by atoms with Crippen LogP contribution in [0.4, 0.5) is 0 Å². The van der Waals surface area contributed by atoms with Crippen molar-refractivity contribution >= 4 is 37.3 Å². The lowest BCUT2D eigenvalue weighted by molar-refractivity contribution is 0.129. The minimum atomic E-state index is -3.41. The predicted octanol–water partition coefficient (Wildman–Crippen LogP) is 3.15. The van der Waals surface area contributed by atoms with Gasteiger partial charge in [0.1, 0.15) is 16.1 Å². The number of hydrogen-bond donors (Lipinski definition) is 0. The summed E-state index contributed by atoms with van der Waals surface area (Å²) in [5.41, 5.74) is 0.862. The Bertz CT molecular complexity index is 810. The zero-order valence-electron chi connectivity index (χ0n) is 13.4. The highest BCUT2D eigenvalue weighted by atomic mass is 79.9. The van der Waals surface area contributed by atoms with E-state index in [2.05, 4.69) is 25.9 Å². The molecule has 0 radical (unpaired) electrons. The summed E-state index contributed by atoms with van der Waals surface area (Å²) in [6.07, 6.45) is 1.27. The molecule has 6 nitrogen and oxygen atoms in total. The third-order valence-electron chi connectivity index (χ3n) is 3.77. The number of aromatic nitrogens is 2. The van der Waals surface area contributed by atoms with Crippen molar-refractivity contribution in [3.8, 4) is 5.88 Å². The van der Waals surface area contributed by atoms with Crippen molar-refractivity contribution in [2.75, 3.05) is 13.1 Å². The maximum atomic E-state index is 12.6. The van der Waals surface area contributed by atoms with Crippen LogP contribution in [0.2, 0.25) is 0 Å². The summed E-state index contributed by atoms with van der Waals surface area (Å²) in [7, 11) is -3.41. The van der Waals surface area contributed by atoms with E-state index in [1.807, 2.05) is 13.8 Å². The molecule has 1 aliphatic rings. The van der Waals surface area contributed by atoms with E-state index in [0.29, 0.717) is 41.8 Å². The number of aryl methyl sites for hydroxylation is 2. The quantitative estimate of drug-likeness (QED) is 0.742. The number of thiophene rings is 1. The fourth-order valence-corrected chi connectivity index (χ4v) is 6.30. The zero-order valence-corrected chi connectivity index (χ0v) is 16.6. The minimum Gasteiger partial charge on any atom is -0.474 e. The van der Waals surface area contributed by atoms with Gasteiger partial charge in [0.15, 0.2) is 0 Å². The summed E-state index contributed by atoms with van der Waals surface area (Å²) in [4.78, 5) is 8.50. The molecule has 0 N–H and O–H groups in total. The van der Waals surface area contributed by atoms with Crippen LogP contribution in [-0.4, -0.2) is 41.9 Å². The molecule has 1 saturated heterocycles. The molecule has 0 aliphatic carbocycles. The molecule has 9 heteroatoms. The Morgan fingerprint density at radius 3 is 2.54 bits per heavy atom. The molecular weight excluding hydrogens is 414 g/mol. The second-order valence-corrected chi connectivity index (χ2v) is 10.3. The van der Waals surface area contributed by atoms with Gasteiger partial charge in [0, 0.05) is 24.8 Å². The van der Waals surface area contributed by atoms with Gasteiger partial charge in [0.05, 0.1) is 3.79 Å². The van der Waals surface area contributed by atoms with Crippen LogP contribution in [0, 0.1) is 13.8 Å². The summed E-state index contributed by atoms with van der Waals surface area (Å²) < 4.78 is 33.8. The number of ether oxygens (including phenoxy) is 1. The first-order chi connectivity index (χ1) is 11.3. The van der Waals surface area contributed by atoms with Gasteiger partial charge in [-0.3, -0.25) is 0 Å². The summed E-state index contributed by atoms with van der Waals surface area (Å²) in [5.74, 6) is 1.23. The summed E-state index contributed by atoms with van der Waals surface area (Å²) >= 11 is 4.54. The van der Waals surface area contributed by atoms with E-state index in [9.17, 15) is 8.42 Å². The van der Waals surface area contributed by atoms with Crippen molar-refractivity contribution in [2.45, 2.75) is 37.0 Å². The molecule has 130 valence electrons. The van der Waals surface area contributed by atoms with E-state index in [0.717, 1.165) is 9.48 Å². The third kappa shape index (κ3) is 3.96. The maximum Gasteiger partial charge on any atom is 0.252 e. The Morgan fingerprint density at radius 2 is 1.96 bits per heavy atom. The van der Waals surface area contributed by atoms with Crippen LogP contribution in [0.15, 0.2) is 26.2 Å². The SMILES string of the molecule is Cc1cc(OC2CCN(S(=O)(=O)c3ccc(Br)s3)CC2)nc(C)n1. The molecule has 3 rings (SSSR count). The molecule has 0 spiro atoms. The minimum absolute atomic E-state index is 0.0276. The Balaban J connectivity index is 1.63. The van der Waals surface area contributed by atoms with Gasteiger partial charge in [0.25, 0.3) is 10.0 Å². The van der Waals surface area contributed by atoms with Crippen molar-refractivity contribution in [3.05, 3.63) is 33.5 Å². The molecule has 0 bridgehead atoms. The second kappa shape index (κ2) is 7.07. The molecule has 0 atom stereocenters. The number of nitrogens with zero attached hydrogens (tertiary/aromatic N) is 3. The van der Waals surface area contributed by atoms with E-state index in [1.165, 1.54) is 15.6 Å². The highest BCUT2D eigenvalue weighted by Crippen LogP contribution is 2.30. The van der Waals surface area contributed by atoms with Crippen molar-refractivity contribution in [3.63, 3.8) is 0 Å². The van der Waals surface area contributed by atoms with Crippen LogP contribution >= 0.6 is 27.3 Å². The van der Waals surface area contributed by atoms with Crippen LogP contribution < -0.4 is 4.74 Å². The van der Waals surface area contributed by atoms with Gasteiger partial charge in [-0.1, -0.05) is 0 Å². The molecular formula is C15H18BrN3O3S2. The zero-order chi connectivity index (χ0) is 17.3. The molecule has 2 aromatic rings. The van der Waals surface area contributed by atoms with E-state index < -0.39 is 10.0 Å². The lowest BCUT2D eigenvalue weighted by Gasteiger charge is -2.30. The molecule has 0 amide bonds. The lowest BCUT2D eigenvalue weighted by atomic mass is 10.1. The number of rotatable bonds is 4. The Labute approximate surface area is 154 Å². The molecule has 24 heavy (non-hydrogen) atoms. The monoisotopic (exact) mass is 431 g/mol. The highest BCUT2D eigenvalue weighted by molar-refractivity contribution is 9.11. The Morgan fingerprint density at radius 1 is 1.25 bits per heavy atom. The van der Waals surface area contributed by atoms with E-state index in [1.54, 1.807) is 18.2 Å². The van der Waals surface area contributed by atoms with Crippen molar-refractivity contribution < 1.29 is 13.2 Å². The number of hydrogen-bond acceptors (Lipinski definition) is 6. The molecule has 0 saturated carbocycles. The summed E-state index contributed by atoms with van der Waals surface area (Å²) in [6, 6.07) is 5.20. The predicted molar refractivity (Wildman–Crippen MR) is 95.9 cm³/mol. The largest absolute Gasteiger partial charge is 0.474 e. The van der Waals surface area contributed by atoms with Gasteiger partial charge in [-0.05, 0) is 54.8 Å². The van der Waals surface area contributed by atoms with E-state index in [-0.39, 0.29) is 6.10 Å². The van der Waals surface area contributed by atoms with Crippen molar-refractivity contribution in [2.24, 2.45) is 0 Å². The average molecular weight is 432 g/mol. The third-order valence-corrected chi connectivity index (χ3v) is 7.76. The van der Waals surface area contributed by atoms with Crippen LogP contribution in [0.3, 0.4) is 0 Å². The number of piperidine rings is 1. The highest BCUT2D eigenvalue weighted by Gasteiger charge is 2.31. The first kappa shape index (κ1) is 17.8. The molecule has 3 heterocycles. The summed E-state index contributed by atoms with van der Waals surface area (Å²) in [6.45, 7) is 4.63. The molecule has 2 aromatic heterocycles. The normalized spacial score (nSPS) is 17.1. The average Bonchev–Trinajstić information content (AvgIpc) is 2.94. The van der Waals surface area contributed by atoms with E-state index in [4.69, 9.17) is 4.74 Å². The maximum absolute atomic E-state index is 12.6. The summed E-state index contributed by atoms with van der Waals surface area (Å²) in [5, 5.41) is 0. The number of sulfonamides is 1. The van der Waals surface area contributed by atoms with E-state index >= 15 is 0 Å². The molecule has 0 aromatic carbocycles. The lowest BCUT2D eigenvalue weighted by Crippen LogP contribution is -2.41. The van der Waals surface area contributed by atoms with Crippen LogP contribution in [0.5, 0.6) is 5.88 Å². The number of halogens is 1. The second-order valence-electron chi connectivity index (χ2n) is 5.67. The van der Waals surface area contributed by atoms with Gasteiger partial charge in [-0.2, -0.15) is 9.29 Å². The fourth-order valence-electron chi connectivity index (χ4n) is 2.67. The van der Waals surface area contributed by atoms with Gasteiger partial charge in [-0.25, -0.2) is 13.4 Å². The Hall–Kier alpha value is -1.03. The van der Waals surface area contributed by atoms with Gasteiger partial charge in [0.2, 0.25) is 5.88 Å². The van der Waals surface area contributed by atoms with Crippen LogP contribution in [-0.2, 0) is 10.0 Å². The topological polar surface area (TPSA) is 72.4 Å². The fraction of sp³-hybridized carbons (Fsp3) is 0.467. The van der Waals surface area contributed by atoms with Crippen LogP contribution in [0.25, 0.3) is 0 Å². The smallest absolute Gasteiger partial charge is 0.252 e. The Kier molecular flexibility index (Phi) is 5.24. The first-order valence-electron chi connectivity index (χ1n) is 7.59. The standard InChI is InChI=1S/C15H18BrN3O3S2/c1-10-9-14(18-11(2)17-10)22-12-5-7-19(8-6-12)24(20,21)15-4-3-13(16)23-15/h3-4,9,12H,5-8H2,1-2H3. The van der Waals surface area contributed by atoms with Crippen molar-refractivity contribution in [1.82, 2.24) is 14.3 Å².